The summed E-state index contributed by atoms with van der Waals surface area (Å²) >= 11 is 1.70. The molecule has 0 unspecified atom stereocenters. The van der Waals surface area contributed by atoms with E-state index >= 15 is 0 Å². The first-order valence-electron chi connectivity index (χ1n) is 5.47. The van der Waals surface area contributed by atoms with Crippen molar-refractivity contribution in [2.75, 3.05) is 6.54 Å². The van der Waals surface area contributed by atoms with Crippen LogP contribution in [0.25, 0.3) is 10.7 Å². The molecule has 16 heavy (non-hydrogen) atoms. The lowest BCUT2D eigenvalue weighted by molar-refractivity contribution is 0.681. The van der Waals surface area contributed by atoms with Gasteiger partial charge in [0.2, 0.25) is 0 Å². The molecule has 0 saturated heterocycles. The summed E-state index contributed by atoms with van der Waals surface area (Å²) in [6.07, 6.45) is 4.88. The smallest absolute Gasteiger partial charge is 0.142 e. The zero-order valence-corrected chi connectivity index (χ0v) is 10.1. The van der Waals surface area contributed by atoms with Gasteiger partial charge in [-0.15, -0.1) is 11.3 Å². The van der Waals surface area contributed by atoms with E-state index in [2.05, 4.69) is 22.2 Å². The number of thiazole rings is 1. The zero-order valence-electron chi connectivity index (χ0n) is 9.31. The highest BCUT2D eigenvalue weighted by Gasteiger charge is 2.04. The molecule has 3 nitrogen and oxygen atoms in total. The second-order valence-corrected chi connectivity index (χ2v) is 4.64. The van der Waals surface area contributed by atoms with E-state index in [0.717, 1.165) is 30.2 Å². The fourth-order valence-corrected chi connectivity index (χ4v) is 2.24. The van der Waals surface area contributed by atoms with E-state index in [-0.39, 0.29) is 0 Å². The average molecular weight is 233 g/mol. The molecule has 2 aromatic rings. The van der Waals surface area contributed by atoms with Crippen molar-refractivity contribution in [2.45, 2.75) is 19.9 Å². The molecule has 2 rings (SSSR count). The van der Waals surface area contributed by atoms with Crippen molar-refractivity contribution in [3.05, 3.63) is 35.5 Å². The molecule has 0 radical (unpaired) electrons. The molecule has 84 valence electrons. The van der Waals surface area contributed by atoms with Crippen LogP contribution in [0.5, 0.6) is 0 Å². The van der Waals surface area contributed by atoms with Crippen molar-refractivity contribution in [3.8, 4) is 10.7 Å². The number of pyridine rings is 1. The van der Waals surface area contributed by atoms with Gasteiger partial charge in [0.15, 0.2) is 0 Å². The Kier molecular flexibility index (Phi) is 4.02. The van der Waals surface area contributed by atoms with Crippen molar-refractivity contribution >= 4 is 11.3 Å². The van der Waals surface area contributed by atoms with E-state index in [1.807, 2.05) is 24.4 Å². The third-order valence-electron chi connectivity index (χ3n) is 2.16. The van der Waals surface area contributed by atoms with E-state index < -0.39 is 0 Å². The molecule has 2 heterocycles. The van der Waals surface area contributed by atoms with Gasteiger partial charge in [0, 0.05) is 23.8 Å². The first kappa shape index (κ1) is 11.2. The van der Waals surface area contributed by atoms with Crippen LogP contribution < -0.4 is 5.32 Å². The van der Waals surface area contributed by atoms with E-state index in [0.29, 0.717) is 0 Å². The average Bonchev–Trinajstić information content (AvgIpc) is 2.79. The van der Waals surface area contributed by atoms with Gasteiger partial charge in [-0.05, 0) is 25.1 Å². The quantitative estimate of drug-likeness (QED) is 0.807. The SMILES string of the molecule is CCCNCc1cnc(-c2ccccn2)s1. The molecule has 0 aromatic carbocycles. The third kappa shape index (κ3) is 2.87. The van der Waals surface area contributed by atoms with Crippen molar-refractivity contribution in [2.24, 2.45) is 0 Å². The third-order valence-corrected chi connectivity index (χ3v) is 3.18. The summed E-state index contributed by atoms with van der Waals surface area (Å²) < 4.78 is 0. The van der Waals surface area contributed by atoms with Gasteiger partial charge >= 0.3 is 0 Å². The fourth-order valence-electron chi connectivity index (χ4n) is 1.39. The summed E-state index contributed by atoms with van der Waals surface area (Å²) in [6, 6.07) is 5.89. The van der Waals surface area contributed by atoms with Crippen LogP contribution in [0.4, 0.5) is 0 Å². The summed E-state index contributed by atoms with van der Waals surface area (Å²) in [4.78, 5) is 9.93. The van der Waals surface area contributed by atoms with Crippen LogP contribution in [0, 0.1) is 0 Å². The molecular formula is C12H15N3S. The fraction of sp³-hybridized carbons (Fsp3) is 0.333. The Bertz CT molecular complexity index is 425. The van der Waals surface area contributed by atoms with Crippen LogP contribution in [-0.2, 0) is 6.54 Å². The van der Waals surface area contributed by atoms with E-state index in [1.54, 1.807) is 17.5 Å². The van der Waals surface area contributed by atoms with Gasteiger partial charge in [0.05, 0.1) is 5.69 Å². The second-order valence-electron chi connectivity index (χ2n) is 3.52. The largest absolute Gasteiger partial charge is 0.312 e. The molecule has 0 atom stereocenters. The van der Waals surface area contributed by atoms with Gasteiger partial charge in [0.25, 0.3) is 0 Å². The normalized spacial score (nSPS) is 10.6. The highest BCUT2D eigenvalue weighted by Crippen LogP contribution is 2.22. The lowest BCUT2D eigenvalue weighted by Crippen LogP contribution is -2.12. The minimum atomic E-state index is 0.901. The summed E-state index contributed by atoms with van der Waals surface area (Å²) in [5.41, 5.74) is 0.953. The molecule has 0 aliphatic rings. The summed E-state index contributed by atoms with van der Waals surface area (Å²) in [7, 11) is 0. The summed E-state index contributed by atoms with van der Waals surface area (Å²) in [5, 5.41) is 4.36. The van der Waals surface area contributed by atoms with E-state index in [1.165, 1.54) is 4.88 Å². The van der Waals surface area contributed by atoms with Crippen molar-refractivity contribution < 1.29 is 0 Å². The van der Waals surface area contributed by atoms with Gasteiger partial charge in [-0.2, -0.15) is 0 Å². The number of rotatable bonds is 5. The van der Waals surface area contributed by atoms with Crippen LogP contribution in [0.15, 0.2) is 30.6 Å². The molecule has 0 bridgehead atoms. The first-order valence-corrected chi connectivity index (χ1v) is 6.28. The predicted molar refractivity (Wildman–Crippen MR) is 67.3 cm³/mol. The molecule has 1 N–H and O–H groups in total. The Morgan fingerprint density at radius 3 is 3.00 bits per heavy atom. The number of hydrogen-bond donors (Lipinski definition) is 1. The molecular weight excluding hydrogens is 218 g/mol. The van der Waals surface area contributed by atoms with Crippen molar-refractivity contribution in [1.29, 1.82) is 0 Å². The number of hydrogen-bond acceptors (Lipinski definition) is 4. The standard InChI is InChI=1S/C12H15N3S/c1-2-6-13-8-10-9-15-12(16-10)11-5-3-4-7-14-11/h3-5,7,9,13H,2,6,8H2,1H3. The maximum atomic E-state index is 4.38. The summed E-state index contributed by atoms with van der Waals surface area (Å²) in [5.74, 6) is 0. The Morgan fingerprint density at radius 1 is 1.31 bits per heavy atom. The van der Waals surface area contributed by atoms with Gasteiger partial charge in [0.1, 0.15) is 5.01 Å². The van der Waals surface area contributed by atoms with E-state index in [4.69, 9.17) is 0 Å². The van der Waals surface area contributed by atoms with Gasteiger partial charge in [-0.3, -0.25) is 4.98 Å². The minimum absolute atomic E-state index is 0.901. The van der Waals surface area contributed by atoms with Gasteiger partial charge < -0.3 is 5.32 Å². The molecule has 2 aromatic heterocycles. The Balaban J connectivity index is 2.02. The molecule has 0 aliphatic carbocycles. The molecule has 4 heteroatoms. The van der Waals surface area contributed by atoms with E-state index in [9.17, 15) is 0 Å². The zero-order chi connectivity index (χ0) is 11.2. The van der Waals surface area contributed by atoms with Crippen LogP contribution in [-0.4, -0.2) is 16.5 Å². The lowest BCUT2D eigenvalue weighted by Gasteiger charge is -1.97. The Hall–Kier alpha value is -1.26. The van der Waals surface area contributed by atoms with Gasteiger partial charge in [-0.1, -0.05) is 13.0 Å². The number of nitrogens with zero attached hydrogens (tertiary/aromatic N) is 2. The maximum Gasteiger partial charge on any atom is 0.142 e. The molecule has 0 amide bonds. The molecule has 0 fully saturated rings. The monoisotopic (exact) mass is 233 g/mol. The molecule has 0 spiro atoms. The second kappa shape index (κ2) is 5.72. The van der Waals surface area contributed by atoms with Crippen LogP contribution in [0.2, 0.25) is 0 Å². The van der Waals surface area contributed by atoms with Crippen molar-refractivity contribution in [3.63, 3.8) is 0 Å². The highest BCUT2D eigenvalue weighted by molar-refractivity contribution is 7.14. The maximum absolute atomic E-state index is 4.38. The lowest BCUT2D eigenvalue weighted by atomic mass is 10.4. The number of nitrogens with one attached hydrogen (secondary N) is 1. The van der Waals surface area contributed by atoms with Crippen LogP contribution in [0.3, 0.4) is 0 Å². The van der Waals surface area contributed by atoms with Crippen LogP contribution in [0.1, 0.15) is 18.2 Å². The van der Waals surface area contributed by atoms with Gasteiger partial charge in [-0.25, -0.2) is 4.98 Å². The predicted octanol–water partition coefficient (Wildman–Crippen LogP) is 2.70. The topological polar surface area (TPSA) is 37.8 Å². The Morgan fingerprint density at radius 2 is 2.25 bits per heavy atom. The summed E-state index contributed by atoms with van der Waals surface area (Å²) in [6.45, 7) is 4.12. The molecule has 0 saturated carbocycles. The highest BCUT2D eigenvalue weighted by atomic mass is 32.1. The number of aromatic nitrogens is 2. The Labute approximate surface area is 99.6 Å². The van der Waals surface area contributed by atoms with Crippen molar-refractivity contribution in [1.82, 2.24) is 15.3 Å². The minimum Gasteiger partial charge on any atom is -0.312 e. The van der Waals surface area contributed by atoms with Crippen LogP contribution >= 0.6 is 11.3 Å². The first-order chi connectivity index (χ1) is 7.90. The molecule has 0 aliphatic heterocycles.